The van der Waals surface area contributed by atoms with Gasteiger partial charge < -0.3 is 10.6 Å². The molecule has 1 heterocycles. The molecule has 2 N–H and O–H groups in total. The minimum Gasteiger partial charge on any atom is -0.370 e. The monoisotopic (exact) mass is 262 g/mol. The van der Waals surface area contributed by atoms with Crippen molar-refractivity contribution in [1.29, 1.82) is 0 Å². The normalized spacial score (nSPS) is 15.7. The molecule has 0 radical (unpaired) electrons. The molecule has 19 heavy (non-hydrogen) atoms. The zero-order chi connectivity index (χ0) is 13.7. The van der Waals surface area contributed by atoms with Gasteiger partial charge in [0.15, 0.2) is 0 Å². The van der Waals surface area contributed by atoms with Crippen molar-refractivity contribution in [3.05, 3.63) is 18.1 Å². The first-order chi connectivity index (χ1) is 9.15. The third-order valence-corrected chi connectivity index (χ3v) is 3.28. The molecule has 0 spiro atoms. The second kappa shape index (κ2) is 6.50. The summed E-state index contributed by atoms with van der Waals surface area (Å²) in [6.45, 7) is 5.09. The first-order valence-electron chi connectivity index (χ1n) is 7.02. The van der Waals surface area contributed by atoms with Gasteiger partial charge in [-0.2, -0.15) is 0 Å². The van der Waals surface area contributed by atoms with Crippen LogP contribution in [0.5, 0.6) is 0 Å². The van der Waals surface area contributed by atoms with E-state index in [-0.39, 0.29) is 5.91 Å². The Kier molecular flexibility index (Phi) is 4.71. The highest BCUT2D eigenvalue weighted by Crippen LogP contribution is 2.18. The molecule has 5 nitrogen and oxygen atoms in total. The SMILES string of the molecule is CC(C)CNc1cc(C(=O)NC2CCCC2)ncn1. The van der Waals surface area contributed by atoms with Crippen molar-refractivity contribution in [3.8, 4) is 0 Å². The maximum absolute atomic E-state index is 12.1. The van der Waals surface area contributed by atoms with E-state index in [4.69, 9.17) is 0 Å². The molecule has 1 aromatic heterocycles. The summed E-state index contributed by atoms with van der Waals surface area (Å²) >= 11 is 0. The van der Waals surface area contributed by atoms with Gasteiger partial charge in [0.1, 0.15) is 17.8 Å². The van der Waals surface area contributed by atoms with Crippen LogP contribution in [0.1, 0.15) is 50.0 Å². The minimum atomic E-state index is -0.0955. The lowest BCUT2D eigenvalue weighted by Gasteiger charge is -2.12. The molecule has 0 saturated heterocycles. The van der Waals surface area contributed by atoms with E-state index in [9.17, 15) is 4.79 Å². The fourth-order valence-corrected chi connectivity index (χ4v) is 2.22. The largest absolute Gasteiger partial charge is 0.370 e. The van der Waals surface area contributed by atoms with Gasteiger partial charge in [0.05, 0.1) is 0 Å². The van der Waals surface area contributed by atoms with Crippen molar-refractivity contribution in [1.82, 2.24) is 15.3 Å². The second-order valence-electron chi connectivity index (χ2n) is 5.52. The maximum atomic E-state index is 12.1. The lowest BCUT2D eigenvalue weighted by atomic mass is 10.2. The van der Waals surface area contributed by atoms with Crippen molar-refractivity contribution in [2.75, 3.05) is 11.9 Å². The van der Waals surface area contributed by atoms with Crippen molar-refractivity contribution in [2.45, 2.75) is 45.6 Å². The highest BCUT2D eigenvalue weighted by Gasteiger charge is 2.18. The minimum absolute atomic E-state index is 0.0955. The van der Waals surface area contributed by atoms with Crippen LogP contribution in [0.15, 0.2) is 12.4 Å². The molecule has 0 aromatic carbocycles. The number of hydrogen-bond acceptors (Lipinski definition) is 4. The van der Waals surface area contributed by atoms with Gasteiger partial charge in [0.25, 0.3) is 5.91 Å². The Labute approximate surface area is 114 Å². The van der Waals surface area contributed by atoms with Gasteiger partial charge in [-0.1, -0.05) is 26.7 Å². The van der Waals surface area contributed by atoms with E-state index in [0.717, 1.165) is 19.4 Å². The number of amides is 1. The highest BCUT2D eigenvalue weighted by atomic mass is 16.1. The molecular formula is C14H22N4O. The quantitative estimate of drug-likeness (QED) is 0.854. The molecule has 0 atom stereocenters. The van der Waals surface area contributed by atoms with E-state index >= 15 is 0 Å². The Bertz CT molecular complexity index is 427. The Morgan fingerprint density at radius 3 is 2.79 bits per heavy atom. The van der Waals surface area contributed by atoms with Gasteiger partial charge in [-0.3, -0.25) is 4.79 Å². The Morgan fingerprint density at radius 1 is 1.37 bits per heavy atom. The highest BCUT2D eigenvalue weighted by molar-refractivity contribution is 5.93. The lowest BCUT2D eigenvalue weighted by Crippen LogP contribution is -2.33. The molecular weight excluding hydrogens is 240 g/mol. The molecule has 5 heteroatoms. The Morgan fingerprint density at radius 2 is 2.11 bits per heavy atom. The van der Waals surface area contributed by atoms with Crippen LogP contribution in [0.3, 0.4) is 0 Å². The number of hydrogen-bond donors (Lipinski definition) is 2. The number of aromatic nitrogens is 2. The van der Waals surface area contributed by atoms with Crippen molar-refractivity contribution < 1.29 is 4.79 Å². The molecule has 0 aliphatic heterocycles. The van der Waals surface area contributed by atoms with E-state index in [0.29, 0.717) is 23.5 Å². The molecule has 2 rings (SSSR count). The van der Waals surface area contributed by atoms with E-state index in [1.807, 2.05) is 0 Å². The molecule has 1 amide bonds. The van der Waals surface area contributed by atoms with Crippen LogP contribution >= 0.6 is 0 Å². The number of nitrogens with zero attached hydrogens (tertiary/aromatic N) is 2. The molecule has 1 aliphatic carbocycles. The summed E-state index contributed by atoms with van der Waals surface area (Å²) in [4.78, 5) is 20.2. The fourth-order valence-electron chi connectivity index (χ4n) is 2.22. The van der Waals surface area contributed by atoms with Crippen LogP contribution in [0.4, 0.5) is 5.82 Å². The Hall–Kier alpha value is -1.65. The van der Waals surface area contributed by atoms with Gasteiger partial charge in [0.2, 0.25) is 0 Å². The van der Waals surface area contributed by atoms with Gasteiger partial charge in [0, 0.05) is 18.7 Å². The van der Waals surface area contributed by atoms with Gasteiger partial charge in [-0.25, -0.2) is 9.97 Å². The van der Waals surface area contributed by atoms with Crippen molar-refractivity contribution in [3.63, 3.8) is 0 Å². The van der Waals surface area contributed by atoms with E-state index in [1.165, 1.54) is 19.2 Å². The molecule has 1 fully saturated rings. The van der Waals surface area contributed by atoms with Gasteiger partial charge in [-0.05, 0) is 18.8 Å². The number of anilines is 1. The van der Waals surface area contributed by atoms with Gasteiger partial charge >= 0.3 is 0 Å². The topological polar surface area (TPSA) is 66.9 Å². The van der Waals surface area contributed by atoms with Crippen LogP contribution in [0.2, 0.25) is 0 Å². The molecule has 1 aliphatic rings. The summed E-state index contributed by atoms with van der Waals surface area (Å²) in [7, 11) is 0. The molecule has 1 saturated carbocycles. The average molecular weight is 262 g/mol. The van der Waals surface area contributed by atoms with E-state index in [2.05, 4.69) is 34.4 Å². The van der Waals surface area contributed by atoms with Crippen molar-refractivity contribution in [2.24, 2.45) is 5.92 Å². The fraction of sp³-hybridized carbons (Fsp3) is 0.643. The third-order valence-electron chi connectivity index (χ3n) is 3.28. The zero-order valence-corrected chi connectivity index (χ0v) is 11.6. The first kappa shape index (κ1) is 13.8. The van der Waals surface area contributed by atoms with Crippen LogP contribution in [0, 0.1) is 5.92 Å². The number of carbonyl (C=O) groups excluding carboxylic acids is 1. The predicted molar refractivity (Wildman–Crippen MR) is 75.1 cm³/mol. The van der Waals surface area contributed by atoms with Crippen molar-refractivity contribution >= 4 is 11.7 Å². The summed E-state index contributed by atoms with van der Waals surface area (Å²) in [6.07, 6.45) is 6.00. The molecule has 104 valence electrons. The number of rotatable bonds is 5. The van der Waals surface area contributed by atoms with Crippen LogP contribution in [-0.4, -0.2) is 28.5 Å². The van der Waals surface area contributed by atoms with E-state index < -0.39 is 0 Å². The average Bonchev–Trinajstić information content (AvgIpc) is 2.89. The maximum Gasteiger partial charge on any atom is 0.270 e. The summed E-state index contributed by atoms with van der Waals surface area (Å²) in [5.74, 6) is 1.15. The molecule has 0 bridgehead atoms. The van der Waals surface area contributed by atoms with E-state index in [1.54, 1.807) is 6.07 Å². The molecule has 0 unspecified atom stereocenters. The number of nitrogens with one attached hydrogen (secondary N) is 2. The summed E-state index contributed by atoms with van der Waals surface area (Å²) in [5, 5.41) is 6.23. The number of carbonyl (C=O) groups is 1. The first-order valence-corrected chi connectivity index (χ1v) is 7.02. The zero-order valence-electron chi connectivity index (χ0n) is 11.6. The summed E-state index contributed by atoms with van der Waals surface area (Å²) < 4.78 is 0. The lowest BCUT2D eigenvalue weighted by molar-refractivity contribution is 0.0932. The second-order valence-corrected chi connectivity index (χ2v) is 5.52. The van der Waals surface area contributed by atoms with Crippen LogP contribution < -0.4 is 10.6 Å². The predicted octanol–water partition coefficient (Wildman–Crippen LogP) is 2.22. The van der Waals surface area contributed by atoms with Crippen LogP contribution in [-0.2, 0) is 0 Å². The summed E-state index contributed by atoms with van der Waals surface area (Å²) in [5.41, 5.74) is 0.438. The molecule has 1 aromatic rings. The standard InChI is InChI=1S/C14H22N4O/c1-10(2)8-15-13-7-12(16-9-17-13)14(19)18-11-5-3-4-6-11/h7,9-11H,3-6,8H2,1-2H3,(H,18,19)(H,15,16,17). The summed E-state index contributed by atoms with van der Waals surface area (Å²) in [6, 6.07) is 2.03. The van der Waals surface area contributed by atoms with Gasteiger partial charge in [-0.15, -0.1) is 0 Å². The smallest absolute Gasteiger partial charge is 0.270 e. The van der Waals surface area contributed by atoms with Crippen LogP contribution in [0.25, 0.3) is 0 Å². The Balaban J connectivity index is 1.94. The third kappa shape index (κ3) is 4.19.